The van der Waals surface area contributed by atoms with Gasteiger partial charge in [0.05, 0.1) is 13.2 Å². The van der Waals surface area contributed by atoms with Gasteiger partial charge in [0.25, 0.3) is 5.79 Å². The van der Waals surface area contributed by atoms with E-state index in [1.807, 2.05) is 13.8 Å². The van der Waals surface area contributed by atoms with Gasteiger partial charge in [0, 0.05) is 12.8 Å². The SMILES string of the molecule is CCOC(=O)C1=NO[C@]2(CC1)O[C@H](CO[Si](C)(C)C(C)(C)C)[C@H]1OC(C)(C)O[C@H]12. The Morgan fingerprint density at radius 3 is 2.48 bits per heavy atom. The van der Waals surface area contributed by atoms with Gasteiger partial charge >= 0.3 is 5.97 Å². The maximum absolute atomic E-state index is 12.0. The molecule has 0 aromatic carbocycles. The summed E-state index contributed by atoms with van der Waals surface area (Å²) < 4.78 is 30.0. The summed E-state index contributed by atoms with van der Waals surface area (Å²) in [5, 5.41) is 4.12. The third-order valence-corrected chi connectivity index (χ3v) is 10.7. The maximum atomic E-state index is 12.0. The number of hydrogen-bond donors (Lipinski definition) is 0. The van der Waals surface area contributed by atoms with Gasteiger partial charge in [-0.05, 0) is 38.9 Å². The molecule has 0 aromatic heterocycles. The van der Waals surface area contributed by atoms with Gasteiger partial charge < -0.3 is 28.2 Å². The molecule has 3 rings (SSSR count). The minimum absolute atomic E-state index is 0.0924. The van der Waals surface area contributed by atoms with Crippen LogP contribution in [0.4, 0.5) is 0 Å². The molecule has 0 aliphatic carbocycles. The lowest BCUT2D eigenvalue weighted by Gasteiger charge is -2.38. The predicted octanol–water partition coefficient (Wildman–Crippen LogP) is 3.35. The van der Waals surface area contributed by atoms with Crippen LogP contribution in [-0.4, -0.2) is 63.1 Å². The van der Waals surface area contributed by atoms with Gasteiger partial charge in [-0.1, -0.05) is 25.9 Å². The molecule has 0 radical (unpaired) electrons. The van der Waals surface area contributed by atoms with E-state index in [2.05, 4.69) is 39.0 Å². The van der Waals surface area contributed by atoms with Crippen LogP contribution in [0.15, 0.2) is 5.16 Å². The van der Waals surface area contributed by atoms with E-state index in [9.17, 15) is 4.79 Å². The van der Waals surface area contributed by atoms with Crippen molar-refractivity contribution in [1.29, 1.82) is 0 Å². The Hall–Kier alpha value is -1.00. The summed E-state index contributed by atoms with van der Waals surface area (Å²) in [5.74, 6) is -2.30. The van der Waals surface area contributed by atoms with Crippen LogP contribution in [0, 0.1) is 0 Å². The quantitative estimate of drug-likeness (QED) is 0.489. The lowest BCUT2D eigenvalue weighted by Crippen LogP contribution is -2.47. The first-order valence-corrected chi connectivity index (χ1v) is 13.3. The molecule has 3 heterocycles. The molecule has 0 N–H and O–H groups in total. The van der Waals surface area contributed by atoms with Crippen molar-refractivity contribution in [2.75, 3.05) is 13.2 Å². The van der Waals surface area contributed by atoms with Crippen molar-refractivity contribution >= 4 is 20.0 Å². The van der Waals surface area contributed by atoms with Crippen LogP contribution < -0.4 is 0 Å². The van der Waals surface area contributed by atoms with Crippen molar-refractivity contribution in [1.82, 2.24) is 0 Å². The summed E-state index contributed by atoms with van der Waals surface area (Å²) in [6, 6.07) is 0. The zero-order chi connectivity index (χ0) is 21.7. The Morgan fingerprint density at radius 2 is 1.93 bits per heavy atom. The van der Waals surface area contributed by atoms with E-state index in [4.69, 9.17) is 28.2 Å². The first-order chi connectivity index (χ1) is 13.3. The van der Waals surface area contributed by atoms with Crippen LogP contribution in [0.3, 0.4) is 0 Å². The van der Waals surface area contributed by atoms with E-state index in [-0.39, 0.29) is 23.0 Å². The van der Waals surface area contributed by atoms with Crippen molar-refractivity contribution in [3.63, 3.8) is 0 Å². The number of carbonyl (C=O) groups is 1. The molecular weight excluding hydrogens is 394 g/mol. The normalized spacial score (nSPS) is 33.9. The van der Waals surface area contributed by atoms with Gasteiger partial charge in [-0.3, -0.25) is 0 Å². The van der Waals surface area contributed by atoms with E-state index in [1.165, 1.54) is 0 Å². The molecule has 1 spiro atoms. The van der Waals surface area contributed by atoms with Gasteiger partial charge in [0.1, 0.15) is 12.2 Å². The molecule has 4 atom stereocenters. The maximum Gasteiger partial charge on any atom is 0.356 e. The third-order valence-electron chi connectivity index (χ3n) is 6.23. The fourth-order valence-corrected chi connectivity index (χ4v) is 4.59. The van der Waals surface area contributed by atoms with Crippen molar-refractivity contribution in [3.05, 3.63) is 0 Å². The molecule has 0 saturated carbocycles. The molecule has 0 unspecified atom stereocenters. The number of hydrogen-bond acceptors (Lipinski definition) is 8. The molecule has 2 fully saturated rings. The summed E-state index contributed by atoms with van der Waals surface area (Å²) in [6.07, 6.45) is -0.286. The second-order valence-corrected chi connectivity index (χ2v) is 14.7. The summed E-state index contributed by atoms with van der Waals surface area (Å²) in [5.41, 5.74) is 0.261. The highest BCUT2D eigenvalue weighted by Crippen LogP contribution is 2.48. The van der Waals surface area contributed by atoms with Crippen molar-refractivity contribution < 1.29 is 33.0 Å². The Kier molecular flexibility index (Phi) is 5.94. The molecule has 166 valence electrons. The molecule has 29 heavy (non-hydrogen) atoms. The van der Waals surface area contributed by atoms with Crippen LogP contribution in [-0.2, 0) is 33.0 Å². The molecular formula is C20H35NO7Si. The monoisotopic (exact) mass is 429 g/mol. The van der Waals surface area contributed by atoms with E-state index >= 15 is 0 Å². The van der Waals surface area contributed by atoms with Gasteiger partial charge in [-0.25, -0.2) is 4.79 Å². The van der Waals surface area contributed by atoms with Gasteiger partial charge in [-0.15, -0.1) is 0 Å². The molecule has 9 heteroatoms. The number of fused-ring (bicyclic) bond motifs is 2. The second-order valence-electron chi connectivity index (χ2n) is 9.91. The Morgan fingerprint density at radius 1 is 1.24 bits per heavy atom. The number of ether oxygens (including phenoxy) is 4. The molecule has 8 nitrogen and oxygen atoms in total. The van der Waals surface area contributed by atoms with Gasteiger partial charge in [0.2, 0.25) is 0 Å². The van der Waals surface area contributed by atoms with Gasteiger partial charge in [-0.2, -0.15) is 0 Å². The standard InChI is InChI=1S/C20H35NO7Si/c1-9-23-17(22)13-10-11-20(28-21-13)16-15(26-19(5,6)27-16)14(25-20)12-24-29(7,8)18(2,3)4/h14-16H,9-12H2,1-8H3/t14-,15-,16-,20+/m1/s1. The van der Waals surface area contributed by atoms with Crippen LogP contribution in [0.5, 0.6) is 0 Å². The zero-order valence-corrected chi connectivity index (χ0v) is 19.9. The Balaban J connectivity index is 1.76. The lowest BCUT2D eigenvalue weighted by atomic mass is 9.98. The first-order valence-electron chi connectivity index (χ1n) is 10.4. The molecule has 3 aliphatic heterocycles. The van der Waals surface area contributed by atoms with E-state index < -0.39 is 32.0 Å². The summed E-state index contributed by atoms with van der Waals surface area (Å²) >= 11 is 0. The molecule has 2 saturated heterocycles. The van der Waals surface area contributed by atoms with E-state index in [0.717, 1.165) is 0 Å². The fourth-order valence-electron chi connectivity index (χ4n) is 3.57. The van der Waals surface area contributed by atoms with Crippen LogP contribution in [0.2, 0.25) is 18.1 Å². The Labute approximate surface area is 174 Å². The Bertz CT molecular complexity index is 672. The number of esters is 1. The first kappa shape index (κ1) is 22.7. The van der Waals surface area contributed by atoms with Crippen molar-refractivity contribution in [2.24, 2.45) is 5.16 Å². The van der Waals surface area contributed by atoms with Crippen LogP contribution in [0.1, 0.15) is 54.4 Å². The smallest absolute Gasteiger partial charge is 0.356 e. The van der Waals surface area contributed by atoms with Crippen molar-refractivity contribution in [3.8, 4) is 0 Å². The topological polar surface area (TPSA) is 84.8 Å². The molecule has 0 aromatic rings. The third kappa shape index (κ3) is 4.39. The zero-order valence-electron chi connectivity index (χ0n) is 18.9. The van der Waals surface area contributed by atoms with Crippen LogP contribution in [0.25, 0.3) is 0 Å². The number of rotatable bonds is 5. The number of nitrogens with zero attached hydrogens (tertiary/aromatic N) is 1. The highest BCUT2D eigenvalue weighted by molar-refractivity contribution is 6.74. The second kappa shape index (κ2) is 7.60. The minimum Gasteiger partial charge on any atom is -0.461 e. The number of carbonyl (C=O) groups excluding carboxylic acids is 1. The summed E-state index contributed by atoms with van der Waals surface area (Å²) in [7, 11) is -1.95. The largest absolute Gasteiger partial charge is 0.461 e. The van der Waals surface area contributed by atoms with E-state index in [1.54, 1.807) is 6.92 Å². The average molecular weight is 430 g/mol. The predicted molar refractivity (Wildman–Crippen MR) is 109 cm³/mol. The summed E-state index contributed by atoms with van der Waals surface area (Å²) in [6.45, 7) is 17.2. The highest BCUT2D eigenvalue weighted by Gasteiger charge is 2.66. The number of oxime groups is 1. The van der Waals surface area contributed by atoms with E-state index in [0.29, 0.717) is 26.1 Å². The average Bonchev–Trinajstić information content (AvgIpc) is 3.06. The summed E-state index contributed by atoms with van der Waals surface area (Å²) in [4.78, 5) is 17.7. The minimum atomic E-state index is -1.95. The van der Waals surface area contributed by atoms with Gasteiger partial charge in [0.15, 0.2) is 25.9 Å². The highest BCUT2D eigenvalue weighted by atomic mass is 28.4. The molecule has 3 aliphatic rings. The van der Waals surface area contributed by atoms with Crippen molar-refractivity contribution in [2.45, 2.75) is 102 Å². The lowest BCUT2D eigenvalue weighted by molar-refractivity contribution is -0.300. The van der Waals surface area contributed by atoms with Crippen LogP contribution >= 0.6 is 0 Å². The molecule has 0 amide bonds. The fraction of sp³-hybridized carbons (Fsp3) is 0.900. The molecule has 0 bridgehead atoms.